The van der Waals surface area contributed by atoms with Crippen LogP contribution in [0.4, 0.5) is 0 Å². The van der Waals surface area contributed by atoms with Crippen LogP contribution in [0.15, 0.2) is 0 Å². The first-order valence-electron chi connectivity index (χ1n) is 7.39. The SMILES string of the molecule is CC.CCN(C(C)C)C1CC(C)NC(C)(C)C1. The average molecular weight is 242 g/mol. The molecule has 1 aliphatic rings. The Kier molecular flexibility index (Phi) is 7.34. The molecule has 1 rings (SSSR count). The highest BCUT2D eigenvalue weighted by atomic mass is 15.2. The molecule has 0 aromatic heterocycles. The molecule has 104 valence electrons. The van der Waals surface area contributed by atoms with Crippen molar-refractivity contribution in [3.8, 4) is 0 Å². The largest absolute Gasteiger partial charge is 0.309 e. The van der Waals surface area contributed by atoms with Crippen LogP contribution in [0.25, 0.3) is 0 Å². The Balaban J connectivity index is 0.00000121. The second-order valence-corrected chi connectivity index (χ2v) is 5.95. The Morgan fingerprint density at radius 2 is 1.82 bits per heavy atom. The van der Waals surface area contributed by atoms with E-state index in [1.54, 1.807) is 0 Å². The maximum atomic E-state index is 3.68. The summed E-state index contributed by atoms with van der Waals surface area (Å²) in [6, 6.07) is 2.06. The van der Waals surface area contributed by atoms with E-state index in [4.69, 9.17) is 0 Å². The predicted molar refractivity (Wildman–Crippen MR) is 78.6 cm³/mol. The Hall–Kier alpha value is -0.0800. The number of piperidine rings is 1. The quantitative estimate of drug-likeness (QED) is 0.812. The first kappa shape index (κ1) is 16.9. The molecule has 1 heterocycles. The van der Waals surface area contributed by atoms with Gasteiger partial charge in [0.15, 0.2) is 0 Å². The second kappa shape index (κ2) is 7.38. The van der Waals surface area contributed by atoms with Gasteiger partial charge in [-0.1, -0.05) is 20.8 Å². The summed E-state index contributed by atoms with van der Waals surface area (Å²) >= 11 is 0. The number of nitrogens with one attached hydrogen (secondary N) is 1. The van der Waals surface area contributed by atoms with Crippen molar-refractivity contribution in [3.63, 3.8) is 0 Å². The number of nitrogens with zero attached hydrogens (tertiary/aromatic N) is 1. The summed E-state index contributed by atoms with van der Waals surface area (Å²) in [4.78, 5) is 2.64. The molecule has 0 aromatic carbocycles. The fraction of sp³-hybridized carbons (Fsp3) is 1.00. The van der Waals surface area contributed by atoms with E-state index >= 15 is 0 Å². The lowest BCUT2D eigenvalue weighted by Gasteiger charge is -2.46. The van der Waals surface area contributed by atoms with Crippen LogP contribution in [0.1, 0.15) is 68.2 Å². The first-order chi connectivity index (χ1) is 7.85. The van der Waals surface area contributed by atoms with Gasteiger partial charge in [-0.3, -0.25) is 4.90 Å². The van der Waals surface area contributed by atoms with E-state index in [9.17, 15) is 0 Å². The van der Waals surface area contributed by atoms with Crippen molar-refractivity contribution < 1.29 is 0 Å². The summed E-state index contributed by atoms with van der Waals surface area (Å²) in [6.45, 7) is 19.0. The summed E-state index contributed by atoms with van der Waals surface area (Å²) in [6.07, 6.45) is 2.55. The van der Waals surface area contributed by atoms with E-state index in [0.29, 0.717) is 17.6 Å². The molecule has 0 aromatic rings. The third kappa shape index (κ3) is 5.39. The molecule has 2 heteroatoms. The summed E-state index contributed by atoms with van der Waals surface area (Å²) < 4.78 is 0. The minimum atomic E-state index is 0.296. The molecule has 1 saturated heterocycles. The molecule has 0 radical (unpaired) electrons. The lowest BCUT2D eigenvalue weighted by Crippen LogP contribution is -2.57. The molecule has 0 saturated carbocycles. The van der Waals surface area contributed by atoms with Gasteiger partial charge in [0.2, 0.25) is 0 Å². The lowest BCUT2D eigenvalue weighted by atomic mass is 9.84. The molecular weight excluding hydrogens is 208 g/mol. The monoisotopic (exact) mass is 242 g/mol. The van der Waals surface area contributed by atoms with E-state index in [0.717, 1.165) is 6.04 Å². The van der Waals surface area contributed by atoms with Crippen molar-refractivity contribution in [2.45, 2.75) is 91.9 Å². The van der Waals surface area contributed by atoms with Crippen LogP contribution in [0.2, 0.25) is 0 Å². The summed E-state index contributed by atoms with van der Waals surface area (Å²) in [5.74, 6) is 0. The molecule has 0 aliphatic carbocycles. The van der Waals surface area contributed by atoms with Gasteiger partial charge in [0.05, 0.1) is 0 Å². The molecule has 2 nitrogen and oxygen atoms in total. The second-order valence-electron chi connectivity index (χ2n) is 5.95. The fourth-order valence-corrected chi connectivity index (χ4v) is 3.16. The molecule has 0 bridgehead atoms. The van der Waals surface area contributed by atoms with Crippen molar-refractivity contribution in [2.24, 2.45) is 0 Å². The standard InChI is InChI=1S/C13H28N2.C2H6/c1-7-15(10(2)3)12-8-11(4)14-13(5,6)9-12;1-2/h10-12,14H,7-9H2,1-6H3;1-2H3. The highest BCUT2D eigenvalue weighted by Crippen LogP contribution is 2.26. The van der Waals surface area contributed by atoms with Crippen molar-refractivity contribution in [1.29, 1.82) is 0 Å². The van der Waals surface area contributed by atoms with Crippen molar-refractivity contribution in [3.05, 3.63) is 0 Å². The van der Waals surface area contributed by atoms with E-state index in [1.807, 2.05) is 13.8 Å². The zero-order valence-electron chi connectivity index (χ0n) is 13.3. The molecule has 1 aliphatic heterocycles. The van der Waals surface area contributed by atoms with Gasteiger partial charge >= 0.3 is 0 Å². The van der Waals surface area contributed by atoms with Gasteiger partial charge in [-0.05, 0) is 54.0 Å². The molecule has 2 unspecified atom stereocenters. The minimum absolute atomic E-state index is 0.296. The smallest absolute Gasteiger partial charge is 0.0142 e. The number of hydrogen-bond donors (Lipinski definition) is 1. The van der Waals surface area contributed by atoms with Gasteiger partial charge in [0.1, 0.15) is 0 Å². The van der Waals surface area contributed by atoms with Gasteiger partial charge in [-0.25, -0.2) is 0 Å². The van der Waals surface area contributed by atoms with Gasteiger partial charge in [0, 0.05) is 23.7 Å². The maximum Gasteiger partial charge on any atom is 0.0142 e. The van der Waals surface area contributed by atoms with Crippen molar-refractivity contribution >= 4 is 0 Å². The van der Waals surface area contributed by atoms with E-state index < -0.39 is 0 Å². The molecule has 0 amide bonds. The van der Waals surface area contributed by atoms with Gasteiger partial charge < -0.3 is 5.32 Å². The summed E-state index contributed by atoms with van der Waals surface area (Å²) in [7, 11) is 0. The van der Waals surface area contributed by atoms with Crippen LogP contribution in [0, 0.1) is 0 Å². The Morgan fingerprint density at radius 1 is 1.29 bits per heavy atom. The third-order valence-corrected chi connectivity index (χ3v) is 3.51. The highest BCUT2D eigenvalue weighted by molar-refractivity contribution is 4.94. The summed E-state index contributed by atoms with van der Waals surface area (Å²) in [5, 5.41) is 3.68. The normalized spacial score (nSPS) is 27.9. The van der Waals surface area contributed by atoms with Gasteiger partial charge in [-0.15, -0.1) is 0 Å². The Labute approximate surface area is 109 Å². The van der Waals surface area contributed by atoms with Crippen LogP contribution >= 0.6 is 0 Å². The van der Waals surface area contributed by atoms with Crippen LogP contribution in [0.3, 0.4) is 0 Å². The lowest BCUT2D eigenvalue weighted by molar-refractivity contribution is 0.0800. The van der Waals surface area contributed by atoms with E-state index in [1.165, 1.54) is 19.4 Å². The Morgan fingerprint density at radius 3 is 2.18 bits per heavy atom. The minimum Gasteiger partial charge on any atom is -0.309 e. The first-order valence-corrected chi connectivity index (χ1v) is 7.39. The van der Waals surface area contributed by atoms with Crippen LogP contribution in [-0.4, -0.2) is 35.1 Å². The summed E-state index contributed by atoms with van der Waals surface area (Å²) in [5.41, 5.74) is 0.296. The van der Waals surface area contributed by atoms with E-state index in [2.05, 4.69) is 51.8 Å². The topological polar surface area (TPSA) is 15.3 Å². The molecule has 1 fully saturated rings. The van der Waals surface area contributed by atoms with Crippen molar-refractivity contribution in [2.75, 3.05) is 6.54 Å². The van der Waals surface area contributed by atoms with E-state index in [-0.39, 0.29) is 0 Å². The molecule has 2 atom stereocenters. The predicted octanol–water partition coefficient (Wildman–Crippen LogP) is 3.66. The van der Waals surface area contributed by atoms with Crippen molar-refractivity contribution in [1.82, 2.24) is 10.2 Å². The number of rotatable bonds is 3. The molecule has 17 heavy (non-hydrogen) atoms. The fourth-order valence-electron chi connectivity index (χ4n) is 3.16. The zero-order chi connectivity index (χ0) is 13.6. The zero-order valence-corrected chi connectivity index (χ0v) is 13.3. The van der Waals surface area contributed by atoms with Gasteiger partial charge in [0.25, 0.3) is 0 Å². The highest BCUT2D eigenvalue weighted by Gasteiger charge is 2.34. The Bertz CT molecular complexity index is 199. The van der Waals surface area contributed by atoms with Crippen LogP contribution < -0.4 is 5.32 Å². The molecular formula is C15H34N2. The number of hydrogen-bond acceptors (Lipinski definition) is 2. The molecule has 1 N–H and O–H groups in total. The van der Waals surface area contributed by atoms with Crippen LogP contribution in [-0.2, 0) is 0 Å². The average Bonchev–Trinajstić information content (AvgIpc) is 2.17. The third-order valence-electron chi connectivity index (χ3n) is 3.51. The molecule has 0 spiro atoms. The maximum absolute atomic E-state index is 3.68. The van der Waals surface area contributed by atoms with Gasteiger partial charge in [-0.2, -0.15) is 0 Å². The van der Waals surface area contributed by atoms with Crippen LogP contribution in [0.5, 0.6) is 0 Å².